The van der Waals surface area contributed by atoms with Gasteiger partial charge in [-0.3, -0.25) is 9.36 Å². The van der Waals surface area contributed by atoms with Crippen molar-refractivity contribution in [3.63, 3.8) is 0 Å². The molecule has 1 aliphatic heterocycles. The molecule has 184 valence electrons. The summed E-state index contributed by atoms with van der Waals surface area (Å²) in [6.45, 7) is 2.39. The number of rotatable bonds is 7. The monoisotopic (exact) mass is 492 g/mol. The Balaban J connectivity index is 1.55. The molecule has 2 aliphatic rings. The number of aromatic nitrogens is 3. The van der Waals surface area contributed by atoms with Gasteiger partial charge >= 0.3 is 0 Å². The molecule has 1 unspecified atom stereocenters. The van der Waals surface area contributed by atoms with Crippen LogP contribution in [0, 0.1) is 0 Å². The summed E-state index contributed by atoms with van der Waals surface area (Å²) < 4.78 is 13.4. The van der Waals surface area contributed by atoms with Gasteiger partial charge in [0.05, 0.1) is 25.9 Å². The Hall–Kier alpha value is -2.84. The molecular formula is C27H32N4O3S. The van der Waals surface area contributed by atoms with E-state index >= 15 is 0 Å². The Morgan fingerprint density at radius 2 is 1.71 bits per heavy atom. The lowest BCUT2D eigenvalue weighted by molar-refractivity contribution is -0.134. The van der Waals surface area contributed by atoms with E-state index < -0.39 is 5.25 Å². The first-order valence-electron chi connectivity index (χ1n) is 12.4. The summed E-state index contributed by atoms with van der Waals surface area (Å²) in [7, 11) is 1.68. The highest BCUT2D eigenvalue weighted by Gasteiger charge is 2.32. The van der Waals surface area contributed by atoms with Crippen molar-refractivity contribution in [1.29, 1.82) is 0 Å². The number of hydrogen-bond acceptors (Lipinski definition) is 6. The fourth-order valence-corrected chi connectivity index (χ4v) is 6.17. The Morgan fingerprint density at radius 1 is 1.00 bits per heavy atom. The minimum Gasteiger partial charge on any atom is -0.496 e. The number of methoxy groups -OCH3 is 1. The van der Waals surface area contributed by atoms with Crippen molar-refractivity contribution in [2.24, 2.45) is 0 Å². The summed E-state index contributed by atoms with van der Waals surface area (Å²) in [5.74, 6) is 1.68. The summed E-state index contributed by atoms with van der Waals surface area (Å²) in [4.78, 5) is 15.7. The highest BCUT2D eigenvalue weighted by Crippen LogP contribution is 2.42. The number of thioether (sulfide) groups is 1. The van der Waals surface area contributed by atoms with Gasteiger partial charge in [0.15, 0.2) is 11.0 Å². The second-order valence-corrected chi connectivity index (χ2v) is 10.1. The molecular weight excluding hydrogens is 460 g/mol. The summed E-state index contributed by atoms with van der Waals surface area (Å²) >= 11 is 1.51. The van der Waals surface area contributed by atoms with E-state index in [0.717, 1.165) is 40.7 Å². The predicted octanol–water partition coefficient (Wildman–Crippen LogP) is 5.15. The lowest BCUT2D eigenvalue weighted by atomic mass is 9.95. The van der Waals surface area contributed by atoms with E-state index in [1.165, 1.54) is 31.0 Å². The number of amides is 1. The van der Waals surface area contributed by atoms with E-state index in [1.54, 1.807) is 7.11 Å². The van der Waals surface area contributed by atoms with E-state index in [0.29, 0.717) is 32.3 Å². The molecule has 1 aliphatic carbocycles. The predicted molar refractivity (Wildman–Crippen MR) is 137 cm³/mol. The number of nitrogens with zero attached hydrogens (tertiary/aromatic N) is 4. The summed E-state index contributed by atoms with van der Waals surface area (Å²) in [6.07, 6.45) is 5.80. The van der Waals surface area contributed by atoms with E-state index in [9.17, 15) is 4.79 Å². The van der Waals surface area contributed by atoms with Crippen molar-refractivity contribution in [3.8, 4) is 17.1 Å². The quantitative estimate of drug-likeness (QED) is 0.425. The SMILES string of the molecule is COc1ccccc1-c1nnc(SC(C(=O)N2CCOCC2)c2ccccc2)n1C1CCCCC1. The molecule has 35 heavy (non-hydrogen) atoms. The standard InChI is InChI=1S/C27H32N4O3S/c1-33-23-15-9-8-14-22(23)25-28-29-27(31(25)21-12-6-3-7-13-21)35-24(20-10-4-2-5-11-20)26(32)30-16-18-34-19-17-30/h2,4-5,8-11,14-15,21,24H,3,6-7,12-13,16-19H2,1H3. The van der Waals surface area contributed by atoms with Crippen LogP contribution in [0.15, 0.2) is 59.8 Å². The summed E-state index contributed by atoms with van der Waals surface area (Å²) in [5.41, 5.74) is 1.90. The minimum absolute atomic E-state index is 0.0986. The number of hydrogen-bond donors (Lipinski definition) is 0. The van der Waals surface area contributed by atoms with Gasteiger partial charge in [-0.05, 0) is 30.5 Å². The molecule has 5 rings (SSSR count). The van der Waals surface area contributed by atoms with Crippen molar-refractivity contribution in [2.75, 3.05) is 33.4 Å². The van der Waals surface area contributed by atoms with Gasteiger partial charge in [0.2, 0.25) is 5.91 Å². The lowest BCUT2D eigenvalue weighted by Crippen LogP contribution is -2.42. The Kier molecular flexibility index (Phi) is 7.69. The van der Waals surface area contributed by atoms with Crippen LogP contribution in [0.3, 0.4) is 0 Å². The van der Waals surface area contributed by atoms with E-state index in [2.05, 4.69) is 14.8 Å². The van der Waals surface area contributed by atoms with Crippen molar-refractivity contribution in [1.82, 2.24) is 19.7 Å². The van der Waals surface area contributed by atoms with Crippen molar-refractivity contribution >= 4 is 17.7 Å². The zero-order valence-corrected chi connectivity index (χ0v) is 21.0. The highest BCUT2D eigenvalue weighted by molar-refractivity contribution is 8.00. The molecule has 7 nitrogen and oxygen atoms in total. The Morgan fingerprint density at radius 3 is 2.46 bits per heavy atom. The van der Waals surface area contributed by atoms with Gasteiger partial charge in [-0.15, -0.1) is 10.2 Å². The zero-order valence-electron chi connectivity index (χ0n) is 20.1. The Labute approximate surface area is 210 Å². The van der Waals surface area contributed by atoms with Crippen LogP contribution in [-0.4, -0.2) is 59.0 Å². The molecule has 2 aromatic carbocycles. The topological polar surface area (TPSA) is 69.5 Å². The number of ether oxygens (including phenoxy) is 2. The van der Waals surface area contributed by atoms with Gasteiger partial charge in [0.1, 0.15) is 11.0 Å². The second kappa shape index (κ2) is 11.3. The fraction of sp³-hybridized carbons (Fsp3) is 0.444. The fourth-order valence-electron chi connectivity index (χ4n) is 4.98. The molecule has 0 bridgehead atoms. The normalized spacial score (nSPS) is 17.8. The average Bonchev–Trinajstić information content (AvgIpc) is 3.36. The molecule has 1 amide bonds. The van der Waals surface area contributed by atoms with Crippen LogP contribution < -0.4 is 4.74 Å². The van der Waals surface area contributed by atoms with E-state index in [-0.39, 0.29) is 5.91 Å². The van der Waals surface area contributed by atoms with Crippen molar-refractivity contribution in [3.05, 3.63) is 60.2 Å². The van der Waals surface area contributed by atoms with Crippen LogP contribution in [0.1, 0.15) is 49.0 Å². The summed E-state index contributed by atoms with van der Waals surface area (Å²) in [5, 5.41) is 9.71. The molecule has 0 spiro atoms. The van der Waals surface area contributed by atoms with E-state index in [1.807, 2.05) is 59.5 Å². The number of para-hydroxylation sites is 1. The largest absolute Gasteiger partial charge is 0.496 e. The number of carbonyl (C=O) groups excluding carboxylic acids is 1. The molecule has 3 aromatic rings. The average molecular weight is 493 g/mol. The molecule has 8 heteroatoms. The maximum absolute atomic E-state index is 13.7. The van der Waals surface area contributed by atoms with Crippen LogP contribution in [0.4, 0.5) is 0 Å². The third-order valence-corrected chi connectivity index (χ3v) is 8.02. The molecule has 1 atom stereocenters. The molecule has 0 N–H and O–H groups in total. The first-order chi connectivity index (χ1) is 17.3. The van der Waals surface area contributed by atoms with Gasteiger partial charge in [-0.2, -0.15) is 0 Å². The van der Waals surface area contributed by atoms with Crippen molar-refractivity contribution < 1.29 is 14.3 Å². The zero-order chi connectivity index (χ0) is 24.0. The van der Waals surface area contributed by atoms with Crippen LogP contribution in [0.5, 0.6) is 5.75 Å². The molecule has 1 aromatic heterocycles. The van der Waals surface area contributed by atoms with Crippen LogP contribution >= 0.6 is 11.8 Å². The highest BCUT2D eigenvalue weighted by atomic mass is 32.2. The van der Waals surface area contributed by atoms with E-state index in [4.69, 9.17) is 9.47 Å². The van der Waals surface area contributed by atoms with Gasteiger partial charge in [0.25, 0.3) is 0 Å². The number of benzene rings is 2. The van der Waals surface area contributed by atoms with Crippen LogP contribution in [0.25, 0.3) is 11.4 Å². The second-order valence-electron chi connectivity index (χ2n) is 9.01. The smallest absolute Gasteiger partial charge is 0.240 e. The Bertz CT molecular complexity index is 1120. The third kappa shape index (κ3) is 5.23. The lowest BCUT2D eigenvalue weighted by Gasteiger charge is -2.31. The van der Waals surface area contributed by atoms with Gasteiger partial charge in [-0.1, -0.05) is 73.5 Å². The molecule has 1 saturated carbocycles. The molecule has 2 heterocycles. The minimum atomic E-state index is -0.397. The van der Waals surface area contributed by atoms with Gasteiger partial charge in [0, 0.05) is 19.1 Å². The maximum atomic E-state index is 13.7. The number of carbonyl (C=O) groups is 1. The van der Waals surface area contributed by atoms with Crippen LogP contribution in [-0.2, 0) is 9.53 Å². The third-order valence-electron chi connectivity index (χ3n) is 6.82. The van der Waals surface area contributed by atoms with Gasteiger partial charge < -0.3 is 14.4 Å². The number of morpholine rings is 1. The maximum Gasteiger partial charge on any atom is 0.240 e. The van der Waals surface area contributed by atoms with Crippen molar-refractivity contribution in [2.45, 2.75) is 48.6 Å². The van der Waals surface area contributed by atoms with Gasteiger partial charge in [-0.25, -0.2) is 0 Å². The molecule has 1 saturated heterocycles. The summed E-state index contributed by atoms with van der Waals surface area (Å²) in [6, 6.07) is 18.3. The van der Waals surface area contributed by atoms with Crippen LogP contribution in [0.2, 0.25) is 0 Å². The first kappa shape index (κ1) is 23.9. The first-order valence-corrected chi connectivity index (χ1v) is 13.3. The molecule has 0 radical (unpaired) electrons. The molecule has 2 fully saturated rings.